The van der Waals surface area contributed by atoms with Crippen LogP contribution in [0.4, 0.5) is 0 Å². The van der Waals surface area contributed by atoms with Crippen LogP contribution in [0.2, 0.25) is 0 Å². The molecular weight excluding hydrogens is 378 g/mol. The average Bonchev–Trinajstić information content (AvgIpc) is 3.10. The Morgan fingerprint density at radius 2 is 1.00 bits per heavy atom. The topological polar surface area (TPSA) is 0 Å². The molecule has 0 nitrogen and oxygen atoms in total. The van der Waals surface area contributed by atoms with E-state index in [0.717, 1.165) is 0 Å². The molecule has 0 heterocycles. The molecule has 21 heavy (non-hydrogen) atoms. The molecule has 0 N–H and O–H groups in total. The van der Waals surface area contributed by atoms with Gasteiger partial charge in [-0.1, -0.05) is 36.4 Å². The second-order valence-corrected chi connectivity index (χ2v) is 4.28. The van der Waals surface area contributed by atoms with E-state index < -0.39 is 0 Å². The van der Waals surface area contributed by atoms with Crippen LogP contribution in [0, 0.1) is 0 Å². The van der Waals surface area contributed by atoms with Gasteiger partial charge in [-0.05, 0) is 0 Å². The van der Waals surface area contributed by atoms with Crippen LogP contribution in [-0.2, 0) is 26.2 Å². The Morgan fingerprint density at radius 1 is 0.571 bits per heavy atom. The predicted molar refractivity (Wildman–Crippen MR) is 79.1 cm³/mol. The Labute approximate surface area is 156 Å². The standard InChI is InChI=1S/C13H9.C5H5.2ClH.Zr/c1-3-7-12-10(5-1)9-11-6-2-4-8-13(11)12;1-2-4-5-3-1;;;/h1-9H;1-5H;2*1H;/q2*-1;;;+4/p-2. The fraction of sp³-hybridized carbons (Fsp3) is 0. The third kappa shape index (κ3) is 4.82. The minimum atomic E-state index is 0. The van der Waals surface area contributed by atoms with Gasteiger partial charge < -0.3 is 24.8 Å². The zero-order chi connectivity index (χ0) is 12.2. The molecule has 0 saturated carbocycles. The van der Waals surface area contributed by atoms with Crippen LogP contribution in [0.5, 0.6) is 0 Å². The van der Waals surface area contributed by atoms with Crippen molar-refractivity contribution in [1.82, 2.24) is 0 Å². The van der Waals surface area contributed by atoms with Gasteiger partial charge in [-0.25, -0.2) is 12.1 Å². The minimum Gasteiger partial charge on any atom is -1.00 e. The van der Waals surface area contributed by atoms with Gasteiger partial charge in [0.05, 0.1) is 0 Å². The SMILES string of the molecule is [Cl-].[Cl-].[Zr+4].c1cc[cH-]c1.c1ccc2c(c1)[cH-]c1ccccc12. The van der Waals surface area contributed by atoms with Gasteiger partial charge in [-0.3, -0.25) is 0 Å². The molecule has 104 valence electrons. The first-order valence-corrected chi connectivity index (χ1v) is 6.15. The zero-order valence-electron chi connectivity index (χ0n) is 11.3. The van der Waals surface area contributed by atoms with E-state index in [0.29, 0.717) is 0 Å². The molecule has 0 bridgehead atoms. The van der Waals surface area contributed by atoms with Crippen LogP contribution < -0.4 is 24.8 Å². The Morgan fingerprint density at radius 3 is 1.38 bits per heavy atom. The number of rotatable bonds is 0. The van der Waals surface area contributed by atoms with Crippen molar-refractivity contribution in [3.05, 3.63) is 84.9 Å². The van der Waals surface area contributed by atoms with E-state index in [4.69, 9.17) is 0 Å². The van der Waals surface area contributed by atoms with Gasteiger partial charge in [0.25, 0.3) is 0 Å². The molecule has 4 aromatic rings. The van der Waals surface area contributed by atoms with Gasteiger partial charge in [0.15, 0.2) is 0 Å². The maximum Gasteiger partial charge on any atom is 4.00 e. The molecule has 0 aliphatic rings. The third-order valence-electron chi connectivity index (χ3n) is 3.08. The largest absolute Gasteiger partial charge is 4.00 e. The van der Waals surface area contributed by atoms with Gasteiger partial charge in [-0.15, -0.1) is 39.7 Å². The van der Waals surface area contributed by atoms with E-state index in [-0.39, 0.29) is 51.0 Å². The second-order valence-electron chi connectivity index (χ2n) is 4.28. The molecule has 0 saturated heterocycles. The molecule has 0 fully saturated rings. The summed E-state index contributed by atoms with van der Waals surface area (Å²) in [6, 6.07) is 29.3. The Kier molecular flexibility index (Phi) is 9.54. The van der Waals surface area contributed by atoms with Gasteiger partial charge in [-0.2, -0.15) is 18.2 Å². The van der Waals surface area contributed by atoms with E-state index in [1.165, 1.54) is 21.5 Å². The zero-order valence-corrected chi connectivity index (χ0v) is 15.3. The Bertz CT molecular complexity index is 674. The monoisotopic (exact) mass is 390 g/mol. The third-order valence-corrected chi connectivity index (χ3v) is 3.08. The predicted octanol–water partition coefficient (Wildman–Crippen LogP) is -0.877. The summed E-state index contributed by atoms with van der Waals surface area (Å²) < 4.78 is 0. The van der Waals surface area contributed by atoms with E-state index >= 15 is 0 Å². The van der Waals surface area contributed by atoms with E-state index in [1.807, 2.05) is 30.3 Å². The van der Waals surface area contributed by atoms with Gasteiger partial charge >= 0.3 is 26.2 Å². The van der Waals surface area contributed by atoms with Crippen LogP contribution in [-0.4, -0.2) is 0 Å². The molecule has 4 aromatic carbocycles. The molecule has 0 spiro atoms. The van der Waals surface area contributed by atoms with Crippen molar-refractivity contribution in [2.45, 2.75) is 0 Å². The Balaban J connectivity index is 0.000000437. The number of hydrogen-bond acceptors (Lipinski definition) is 0. The molecule has 0 unspecified atom stereocenters. The van der Waals surface area contributed by atoms with Crippen molar-refractivity contribution in [2.75, 3.05) is 0 Å². The van der Waals surface area contributed by atoms with Crippen molar-refractivity contribution in [1.29, 1.82) is 0 Å². The summed E-state index contributed by atoms with van der Waals surface area (Å²) in [5, 5.41) is 5.39. The maximum absolute atomic E-state index is 2.24. The number of fused-ring (bicyclic) bond motifs is 3. The van der Waals surface area contributed by atoms with Crippen molar-refractivity contribution < 1.29 is 51.0 Å². The first-order valence-electron chi connectivity index (χ1n) is 6.15. The summed E-state index contributed by atoms with van der Waals surface area (Å²) in [6.45, 7) is 0. The Hall–Kier alpha value is -0.877. The second kappa shape index (κ2) is 9.95. The molecule has 0 atom stereocenters. The minimum absolute atomic E-state index is 0. The van der Waals surface area contributed by atoms with Crippen LogP contribution >= 0.6 is 0 Å². The summed E-state index contributed by atoms with van der Waals surface area (Å²) in [6.07, 6.45) is 0. The molecule has 0 aliphatic carbocycles. The van der Waals surface area contributed by atoms with E-state index in [2.05, 4.69) is 54.6 Å². The smallest absolute Gasteiger partial charge is 1.00 e. The number of benzene rings is 2. The normalized spacial score (nSPS) is 8.76. The summed E-state index contributed by atoms with van der Waals surface area (Å²) in [4.78, 5) is 0. The van der Waals surface area contributed by atoms with Crippen molar-refractivity contribution >= 4 is 21.5 Å². The summed E-state index contributed by atoms with van der Waals surface area (Å²) in [5.74, 6) is 0. The average molecular weight is 392 g/mol. The molecular formula is C18H14Cl2Zr. The van der Waals surface area contributed by atoms with Crippen LogP contribution in [0.1, 0.15) is 0 Å². The van der Waals surface area contributed by atoms with Crippen LogP contribution in [0.25, 0.3) is 21.5 Å². The van der Waals surface area contributed by atoms with Gasteiger partial charge in [0.2, 0.25) is 0 Å². The molecule has 0 amide bonds. The molecule has 0 radical (unpaired) electrons. The van der Waals surface area contributed by atoms with Crippen LogP contribution in [0.3, 0.4) is 0 Å². The summed E-state index contributed by atoms with van der Waals surface area (Å²) in [5.41, 5.74) is 0. The van der Waals surface area contributed by atoms with Crippen molar-refractivity contribution in [3.63, 3.8) is 0 Å². The number of halogens is 2. The fourth-order valence-corrected chi connectivity index (χ4v) is 2.22. The quantitative estimate of drug-likeness (QED) is 0.341. The summed E-state index contributed by atoms with van der Waals surface area (Å²) in [7, 11) is 0. The summed E-state index contributed by atoms with van der Waals surface area (Å²) >= 11 is 0. The van der Waals surface area contributed by atoms with E-state index in [9.17, 15) is 0 Å². The van der Waals surface area contributed by atoms with Crippen molar-refractivity contribution in [2.24, 2.45) is 0 Å². The molecule has 0 aromatic heterocycles. The molecule has 4 rings (SSSR count). The first-order chi connectivity index (χ1) is 8.95. The maximum atomic E-state index is 2.24. The van der Waals surface area contributed by atoms with Crippen molar-refractivity contribution in [3.8, 4) is 0 Å². The molecule has 3 heteroatoms. The fourth-order valence-electron chi connectivity index (χ4n) is 2.22. The van der Waals surface area contributed by atoms with Gasteiger partial charge in [0, 0.05) is 0 Å². The first kappa shape index (κ1) is 20.1. The van der Waals surface area contributed by atoms with Gasteiger partial charge in [0.1, 0.15) is 0 Å². The van der Waals surface area contributed by atoms with Crippen LogP contribution in [0.15, 0.2) is 84.9 Å². The number of hydrogen-bond donors (Lipinski definition) is 0. The van der Waals surface area contributed by atoms with E-state index in [1.54, 1.807) is 0 Å². The molecule has 0 aliphatic heterocycles.